The first-order valence-electron chi connectivity index (χ1n) is 15.5. The first-order valence-corrected chi connectivity index (χ1v) is 15.5. The van der Waals surface area contributed by atoms with Gasteiger partial charge in [0.15, 0.2) is 0 Å². The summed E-state index contributed by atoms with van der Waals surface area (Å²) in [5.74, 6) is 0.649. The Bertz CT molecular complexity index is 3020. The monoisotopic (exact) mass is 585 g/mol. The SMILES string of the molecule is c1cncc(-c2nc(-n3c4ccccc4c4cc5c6ccccc6n6c7c8ccccc8ccc7c(c43)c56)nc3ccccc23)c1. The van der Waals surface area contributed by atoms with Crippen molar-refractivity contribution in [3.63, 3.8) is 0 Å². The lowest BCUT2D eigenvalue weighted by atomic mass is 10.0. The summed E-state index contributed by atoms with van der Waals surface area (Å²) in [4.78, 5) is 15.0. The van der Waals surface area contributed by atoms with Gasteiger partial charge in [0.2, 0.25) is 5.95 Å². The van der Waals surface area contributed by atoms with E-state index >= 15 is 0 Å². The fourth-order valence-corrected chi connectivity index (χ4v) is 7.85. The zero-order valence-electron chi connectivity index (χ0n) is 24.5. The van der Waals surface area contributed by atoms with Gasteiger partial charge in [0.1, 0.15) is 0 Å². The number of para-hydroxylation sites is 3. The molecule has 0 atom stereocenters. The van der Waals surface area contributed by atoms with Crippen molar-refractivity contribution in [2.45, 2.75) is 0 Å². The Hall–Kier alpha value is -6.33. The zero-order chi connectivity index (χ0) is 29.9. The van der Waals surface area contributed by atoms with Crippen LogP contribution in [0.5, 0.6) is 0 Å². The molecular weight excluding hydrogens is 562 g/mol. The van der Waals surface area contributed by atoms with E-state index in [0.29, 0.717) is 5.95 Å². The first kappa shape index (κ1) is 24.0. The Morgan fingerprint density at radius 2 is 1.20 bits per heavy atom. The molecule has 11 rings (SSSR count). The second-order valence-corrected chi connectivity index (χ2v) is 12.1. The van der Waals surface area contributed by atoms with Gasteiger partial charge in [-0.2, -0.15) is 0 Å². The molecule has 11 aromatic rings. The molecule has 0 spiro atoms. The Morgan fingerprint density at radius 3 is 2.04 bits per heavy atom. The van der Waals surface area contributed by atoms with Crippen LogP contribution in [0, 0.1) is 0 Å². The highest BCUT2D eigenvalue weighted by molar-refractivity contribution is 6.36. The maximum atomic E-state index is 5.34. The molecule has 212 valence electrons. The van der Waals surface area contributed by atoms with Crippen molar-refractivity contribution in [2.24, 2.45) is 0 Å². The molecule has 5 heterocycles. The third kappa shape index (κ3) is 2.97. The number of fused-ring (bicyclic) bond motifs is 13. The van der Waals surface area contributed by atoms with Gasteiger partial charge in [-0.05, 0) is 41.8 Å². The molecule has 5 nitrogen and oxygen atoms in total. The van der Waals surface area contributed by atoms with Crippen LogP contribution in [-0.4, -0.2) is 23.9 Å². The van der Waals surface area contributed by atoms with Crippen molar-refractivity contribution < 1.29 is 0 Å². The van der Waals surface area contributed by atoms with E-state index in [1.54, 1.807) is 6.20 Å². The molecule has 5 aromatic heterocycles. The number of rotatable bonds is 2. The number of hydrogen-bond acceptors (Lipinski definition) is 3. The molecule has 0 aliphatic heterocycles. The van der Waals surface area contributed by atoms with Gasteiger partial charge in [-0.1, -0.05) is 91.0 Å². The van der Waals surface area contributed by atoms with Crippen LogP contribution in [0.4, 0.5) is 0 Å². The van der Waals surface area contributed by atoms with E-state index < -0.39 is 0 Å². The van der Waals surface area contributed by atoms with Crippen LogP contribution in [0.25, 0.3) is 98.8 Å². The van der Waals surface area contributed by atoms with Crippen LogP contribution in [0.15, 0.2) is 140 Å². The van der Waals surface area contributed by atoms with Gasteiger partial charge < -0.3 is 4.40 Å². The molecule has 5 heteroatoms. The smallest absolute Gasteiger partial charge is 0.235 e. The minimum Gasteiger partial charge on any atom is -0.307 e. The highest BCUT2D eigenvalue weighted by atomic mass is 15.2. The summed E-state index contributed by atoms with van der Waals surface area (Å²) in [6, 6.07) is 45.4. The fraction of sp³-hybridized carbons (Fsp3) is 0. The van der Waals surface area contributed by atoms with E-state index in [1.807, 2.05) is 24.4 Å². The number of hydrogen-bond donors (Lipinski definition) is 0. The largest absolute Gasteiger partial charge is 0.307 e. The van der Waals surface area contributed by atoms with Crippen molar-refractivity contribution >= 4 is 81.6 Å². The standard InChI is InChI=1S/C41H23N5/c1-2-12-26-24(10-1)19-20-30-36-39-31(27-13-4-7-17-34(27)45(39)38(26)30)22-32-28-14-5-8-18-35(28)46(40(32)36)41-43-33-16-6-3-15-29(33)37(44-41)25-11-9-21-42-23-25/h1-23H. The average Bonchev–Trinajstić information content (AvgIpc) is 3.76. The Morgan fingerprint density at radius 1 is 0.478 bits per heavy atom. The van der Waals surface area contributed by atoms with E-state index in [-0.39, 0.29) is 0 Å². The minimum absolute atomic E-state index is 0.649. The topological polar surface area (TPSA) is 48.0 Å². The first-order chi connectivity index (χ1) is 22.8. The summed E-state index contributed by atoms with van der Waals surface area (Å²) in [5, 5.41) is 10.8. The van der Waals surface area contributed by atoms with Crippen molar-refractivity contribution in [3.8, 4) is 17.2 Å². The van der Waals surface area contributed by atoms with Gasteiger partial charge in [-0.25, -0.2) is 9.97 Å². The lowest BCUT2D eigenvalue weighted by Gasteiger charge is -2.12. The van der Waals surface area contributed by atoms with E-state index in [1.165, 1.54) is 59.6 Å². The van der Waals surface area contributed by atoms with Crippen LogP contribution < -0.4 is 0 Å². The van der Waals surface area contributed by atoms with E-state index in [9.17, 15) is 0 Å². The number of pyridine rings is 1. The maximum absolute atomic E-state index is 5.34. The molecule has 6 aromatic carbocycles. The summed E-state index contributed by atoms with van der Waals surface area (Å²) in [7, 11) is 0. The van der Waals surface area contributed by atoms with Crippen LogP contribution in [0.3, 0.4) is 0 Å². The normalized spacial score (nSPS) is 12.3. The quantitative estimate of drug-likeness (QED) is 0.203. The highest BCUT2D eigenvalue weighted by Crippen LogP contribution is 2.47. The van der Waals surface area contributed by atoms with Crippen molar-refractivity contribution in [1.82, 2.24) is 23.9 Å². The van der Waals surface area contributed by atoms with Gasteiger partial charge in [0.05, 0.1) is 38.8 Å². The summed E-state index contributed by atoms with van der Waals surface area (Å²) < 4.78 is 4.78. The predicted octanol–water partition coefficient (Wildman–Crippen LogP) is 10.1. The molecule has 0 radical (unpaired) electrons. The van der Waals surface area contributed by atoms with Gasteiger partial charge in [0, 0.05) is 61.0 Å². The second kappa shape index (κ2) is 8.65. The zero-order valence-corrected chi connectivity index (χ0v) is 24.5. The molecule has 46 heavy (non-hydrogen) atoms. The summed E-state index contributed by atoms with van der Waals surface area (Å²) in [5.41, 5.74) is 8.63. The molecule has 0 saturated heterocycles. The summed E-state index contributed by atoms with van der Waals surface area (Å²) in [6.07, 6.45) is 3.68. The van der Waals surface area contributed by atoms with Crippen molar-refractivity contribution in [2.75, 3.05) is 0 Å². The molecule has 0 aliphatic carbocycles. The van der Waals surface area contributed by atoms with Gasteiger partial charge in [0.25, 0.3) is 0 Å². The molecule has 0 unspecified atom stereocenters. The molecule has 0 N–H and O–H groups in total. The Balaban J connectivity index is 1.41. The third-order valence-corrected chi connectivity index (χ3v) is 9.71. The predicted molar refractivity (Wildman–Crippen MR) is 189 cm³/mol. The van der Waals surface area contributed by atoms with Gasteiger partial charge in [-0.3, -0.25) is 9.55 Å². The van der Waals surface area contributed by atoms with Crippen LogP contribution >= 0.6 is 0 Å². The molecule has 0 aliphatic rings. The van der Waals surface area contributed by atoms with E-state index in [0.717, 1.165) is 33.2 Å². The summed E-state index contributed by atoms with van der Waals surface area (Å²) in [6.45, 7) is 0. The molecule has 0 fully saturated rings. The van der Waals surface area contributed by atoms with Crippen LogP contribution in [0.1, 0.15) is 0 Å². The van der Waals surface area contributed by atoms with Crippen molar-refractivity contribution in [1.29, 1.82) is 0 Å². The molecule has 0 bridgehead atoms. The maximum Gasteiger partial charge on any atom is 0.235 e. The molecule has 0 saturated carbocycles. The molecule has 0 amide bonds. The van der Waals surface area contributed by atoms with Gasteiger partial charge >= 0.3 is 0 Å². The van der Waals surface area contributed by atoms with E-state index in [4.69, 9.17) is 9.97 Å². The van der Waals surface area contributed by atoms with Gasteiger partial charge in [-0.15, -0.1) is 0 Å². The summed E-state index contributed by atoms with van der Waals surface area (Å²) >= 11 is 0. The fourth-order valence-electron chi connectivity index (χ4n) is 7.85. The second-order valence-electron chi connectivity index (χ2n) is 12.1. The van der Waals surface area contributed by atoms with Crippen LogP contribution in [-0.2, 0) is 0 Å². The highest BCUT2D eigenvalue weighted by Gasteiger charge is 2.26. The van der Waals surface area contributed by atoms with E-state index in [2.05, 4.69) is 123 Å². The lowest BCUT2D eigenvalue weighted by Crippen LogP contribution is -2.03. The number of nitrogens with zero attached hydrogens (tertiary/aromatic N) is 5. The molecular formula is C41H23N5. The Labute approximate surface area is 261 Å². The third-order valence-electron chi connectivity index (χ3n) is 9.71. The average molecular weight is 586 g/mol. The van der Waals surface area contributed by atoms with Crippen LogP contribution in [0.2, 0.25) is 0 Å². The minimum atomic E-state index is 0.649. The van der Waals surface area contributed by atoms with Crippen molar-refractivity contribution in [3.05, 3.63) is 140 Å². The lowest BCUT2D eigenvalue weighted by molar-refractivity contribution is 1.02. The number of benzene rings is 6. The Kier molecular flexibility index (Phi) is 4.52. The number of aromatic nitrogens is 5.